The zero-order chi connectivity index (χ0) is 28.2. The minimum atomic E-state index is -4.53. The number of hydrogen-bond acceptors (Lipinski definition) is 6. The van der Waals surface area contributed by atoms with E-state index in [0.29, 0.717) is 28.9 Å². The lowest BCUT2D eigenvalue weighted by molar-refractivity contribution is -0.137. The highest BCUT2D eigenvalue weighted by molar-refractivity contribution is 7.89. The maximum Gasteiger partial charge on any atom is 0.417 e. The van der Waals surface area contributed by atoms with Crippen LogP contribution in [0.25, 0.3) is 16.1 Å². The summed E-state index contributed by atoms with van der Waals surface area (Å²) in [6.07, 6.45) is -2.42. The van der Waals surface area contributed by atoms with E-state index < -0.39 is 21.8 Å². The first-order valence-corrected chi connectivity index (χ1v) is 12.8. The van der Waals surface area contributed by atoms with Crippen molar-refractivity contribution in [3.05, 3.63) is 102 Å². The van der Waals surface area contributed by atoms with E-state index in [1.807, 2.05) is 0 Å². The number of aromatic nitrogens is 2. The van der Waals surface area contributed by atoms with E-state index in [1.165, 1.54) is 61.1 Å². The lowest BCUT2D eigenvalue weighted by atomic mass is 10.1. The average Bonchev–Trinajstić information content (AvgIpc) is 2.93. The molecule has 0 unspecified atom stereocenters. The van der Waals surface area contributed by atoms with Crippen molar-refractivity contribution in [1.82, 2.24) is 14.3 Å². The van der Waals surface area contributed by atoms with Gasteiger partial charge in [0.2, 0.25) is 10.0 Å². The third kappa shape index (κ3) is 6.34. The molecule has 0 aliphatic rings. The summed E-state index contributed by atoms with van der Waals surface area (Å²) in [7, 11) is -0.972. The van der Waals surface area contributed by atoms with Crippen molar-refractivity contribution in [2.24, 2.45) is 0 Å². The fourth-order valence-electron chi connectivity index (χ4n) is 3.67. The smallest absolute Gasteiger partial charge is 0.417 e. The molecule has 2 heterocycles. The van der Waals surface area contributed by atoms with Crippen LogP contribution in [0.3, 0.4) is 0 Å². The van der Waals surface area contributed by atoms with Crippen LogP contribution < -0.4 is 10.1 Å². The normalized spacial score (nSPS) is 11.7. The summed E-state index contributed by atoms with van der Waals surface area (Å²) < 4.78 is 72.1. The van der Waals surface area contributed by atoms with Crippen molar-refractivity contribution in [1.29, 1.82) is 0 Å². The van der Waals surface area contributed by atoms with E-state index in [-0.39, 0.29) is 22.9 Å². The largest absolute Gasteiger partial charge is 0.497 e. The summed E-state index contributed by atoms with van der Waals surface area (Å²) in [6.45, 7) is 7.41. The van der Waals surface area contributed by atoms with E-state index in [4.69, 9.17) is 11.3 Å². The van der Waals surface area contributed by atoms with Gasteiger partial charge in [-0.2, -0.15) is 17.5 Å². The molecule has 0 aliphatic heterocycles. The number of nitrogens with one attached hydrogen (secondary N) is 1. The third-order valence-electron chi connectivity index (χ3n) is 5.77. The van der Waals surface area contributed by atoms with Crippen LogP contribution in [0.2, 0.25) is 0 Å². The van der Waals surface area contributed by atoms with Crippen molar-refractivity contribution in [3.8, 4) is 17.0 Å². The van der Waals surface area contributed by atoms with Gasteiger partial charge < -0.3 is 10.1 Å². The van der Waals surface area contributed by atoms with Crippen LogP contribution in [0, 0.1) is 6.57 Å². The number of anilines is 2. The number of hydrogen-bond donors (Lipinski definition) is 1. The number of halogens is 3. The molecule has 2 aromatic carbocycles. The monoisotopic (exact) mass is 553 g/mol. The standard InChI is InChI=1S/C27H22F3N5O3S/c1-31-20-12-13-32-25(14-20)23-15-22(39(36,37)35(2)17-18-4-7-21(38-3)8-5-18)9-10-24(23)34-26-11-6-19(16-33-26)27(28,29)30/h4-16H,17H2,2-3H3,(H,33,34). The number of ether oxygens (including phenoxy) is 1. The average molecular weight is 554 g/mol. The Morgan fingerprint density at radius 3 is 2.38 bits per heavy atom. The van der Waals surface area contributed by atoms with Gasteiger partial charge in [0.15, 0.2) is 5.69 Å². The zero-order valence-corrected chi connectivity index (χ0v) is 21.6. The molecule has 0 fully saturated rings. The van der Waals surface area contributed by atoms with E-state index >= 15 is 0 Å². The molecule has 0 atom stereocenters. The van der Waals surface area contributed by atoms with E-state index in [9.17, 15) is 21.6 Å². The third-order valence-corrected chi connectivity index (χ3v) is 7.57. The van der Waals surface area contributed by atoms with E-state index in [2.05, 4.69) is 20.1 Å². The van der Waals surface area contributed by atoms with Gasteiger partial charge in [-0.3, -0.25) is 4.98 Å². The lowest BCUT2D eigenvalue weighted by Crippen LogP contribution is -2.26. The van der Waals surface area contributed by atoms with Gasteiger partial charge in [0.05, 0.1) is 29.8 Å². The molecule has 0 spiro atoms. The Hall–Kier alpha value is -4.47. The lowest BCUT2D eigenvalue weighted by Gasteiger charge is -2.19. The summed E-state index contributed by atoms with van der Waals surface area (Å²) in [5, 5.41) is 2.93. The molecule has 8 nitrogen and oxygen atoms in total. The number of alkyl halides is 3. The minimum absolute atomic E-state index is 0.0329. The van der Waals surface area contributed by atoms with Crippen molar-refractivity contribution < 1.29 is 26.3 Å². The highest BCUT2D eigenvalue weighted by Crippen LogP contribution is 2.34. The molecular weight excluding hydrogens is 531 g/mol. The van der Waals surface area contributed by atoms with E-state index in [1.54, 1.807) is 24.3 Å². The molecular formula is C27H22F3N5O3S. The molecule has 1 N–H and O–H groups in total. The number of rotatable bonds is 8. The number of pyridine rings is 2. The molecule has 0 saturated heterocycles. The second-order valence-electron chi connectivity index (χ2n) is 8.38. The van der Waals surface area contributed by atoms with Gasteiger partial charge in [0.25, 0.3) is 0 Å². The molecule has 2 aromatic heterocycles. The fraction of sp³-hybridized carbons (Fsp3) is 0.148. The second kappa shape index (κ2) is 11.1. The van der Waals surface area contributed by atoms with Crippen molar-refractivity contribution in [2.45, 2.75) is 17.6 Å². The van der Waals surface area contributed by atoms with Crippen LogP contribution in [-0.2, 0) is 22.7 Å². The summed E-state index contributed by atoms with van der Waals surface area (Å²) in [5.41, 5.74) is 1.09. The molecule has 4 rings (SSSR count). The summed E-state index contributed by atoms with van der Waals surface area (Å²) in [6, 6.07) is 16.3. The van der Waals surface area contributed by atoms with Gasteiger partial charge in [-0.05, 0) is 60.2 Å². The van der Waals surface area contributed by atoms with Crippen molar-refractivity contribution in [3.63, 3.8) is 0 Å². The zero-order valence-electron chi connectivity index (χ0n) is 20.8. The SMILES string of the molecule is [C-]#[N+]c1ccnc(-c2cc(S(=O)(=O)N(C)Cc3ccc(OC)cc3)ccc2Nc2ccc(C(F)(F)F)cn2)c1. The molecule has 0 aliphatic carbocycles. The number of sulfonamides is 1. The molecule has 4 aromatic rings. The molecule has 0 bridgehead atoms. The Morgan fingerprint density at radius 1 is 1.03 bits per heavy atom. The Morgan fingerprint density at radius 2 is 1.77 bits per heavy atom. The van der Waals surface area contributed by atoms with Crippen LogP contribution in [0.15, 0.2) is 84.0 Å². The highest BCUT2D eigenvalue weighted by atomic mass is 32.2. The van der Waals surface area contributed by atoms with Gasteiger partial charge in [-0.25, -0.2) is 18.2 Å². The topological polar surface area (TPSA) is 88.8 Å². The highest BCUT2D eigenvalue weighted by Gasteiger charge is 2.30. The first kappa shape index (κ1) is 27.6. The van der Waals surface area contributed by atoms with Crippen molar-refractivity contribution >= 4 is 27.2 Å². The Kier molecular flexibility index (Phi) is 7.85. The van der Waals surface area contributed by atoms with Crippen molar-refractivity contribution in [2.75, 3.05) is 19.5 Å². The Labute approximate surface area is 223 Å². The van der Waals surface area contributed by atoms with Crippen LogP contribution >= 0.6 is 0 Å². The van der Waals surface area contributed by atoms with E-state index in [0.717, 1.165) is 11.6 Å². The van der Waals surface area contributed by atoms with Gasteiger partial charge in [-0.15, -0.1) is 0 Å². The van der Waals surface area contributed by atoms with Gasteiger partial charge in [-0.1, -0.05) is 12.1 Å². The first-order chi connectivity index (χ1) is 18.5. The van der Waals surface area contributed by atoms with Gasteiger partial charge in [0.1, 0.15) is 11.6 Å². The van der Waals surface area contributed by atoms with Crippen LogP contribution in [-0.4, -0.2) is 36.8 Å². The maximum atomic E-state index is 13.5. The molecule has 12 heteroatoms. The summed E-state index contributed by atoms with van der Waals surface area (Å²) >= 11 is 0. The summed E-state index contributed by atoms with van der Waals surface area (Å²) in [5.74, 6) is 0.756. The number of benzene rings is 2. The minimum Gasteiger partial charge on any atom is -0.497 e. The number of nitrogens with zero attached hydrogens (tertiary/aromatic N) is 4. The molecule has 39 heavy (non-hydrogen) atoms. The molecule has 200 valence electrons. The van der Waals surface area contributed by atoms with Gasteiger partial charge in [0, 0.05) is 37.2 Å². The quantitative estimate of drug-likeness (QED) is 0.258. The predicted molar refractivity (Wildman–Crippen MR) is 140 cm³/mol. The fourth-order valence-corrected chi connectivity index (χ4v) is 4.85. The van der Waals surface area contributed by atoms with Crippen LogP contribution in [0.4, 0.5) is 30.4 Å². The Balaban J connectivity index is 1.71. The van der Waals surface area contributed by atoms with Gasteiger partial charge >= 0.3 is 6.18 Å². The molecule has 0 saturated carbocycles. The molecule has 0 radical (unpaired) electrons. The second-order valence-corrected chi connectivity index (χ2v) is 10.4. The molecule has 0 amide bonds. The van der Waals surface area contributed by atoms with Crippen LogP contribution in [0.1, 0.15) is 11.1 Å². The Bertz CT molecular complexity index is 1620. The maximum absolute atomic E-state index is 13.5. The number of methoxy groups -OCH3 is 1. The van der Waals surface area contributed by atoms with Crippen LogP contribution in [0.5, 0.6) is 5.75 Å². The predicted octanol–water partition coefficient (Wildman–Crippen LogP) is 6.29. The summed E-state index contributed by atoms with van der Waals surface area (Å²) in [4.78, 5) is 11.5. The first-order valence-electron chi connectivity index (χ1n) is 11.4.